The Balaban J connectivity index is 1.50. The third-order valence-corrected chi connectivity index (χ3v) is 3.85. The Morgan fingerprint density at radius 1 is 1.39 bits per heavy atom. The summed E-state index contributed by atoms with van der Waals surface area (Å²) in [6, 6.07) is 9.88. The molecule has 3 rings (SSSR count). The van der Waals surface area contributed by atoms with E-state index in [0.717, 1.165) is 25.4 Å². The molecule has 0 aromatic heterocycles. The number of ether oxygens (including phenoxy) is 1. The van der Waals surface area contributed by atoms with Gasteiger partial charge in [0.15, 0.2) is 6.61 Å². The van der Waals surface area contributed by atoms with Gasteiger partial charge in [0.2, 0.25) is 0 Å². The summed E-state index contributed by atoms with van der Waals surface area (Å²) in [6.07, 6.45) is 1.19. The van der Waals surface area contributed by atoms with E-state index in [0.29, 0.717) is 12.0 Å². The van der Waals surface area contributed by atoms with Gasteiger partial charge in [0, 0.05) is 19.1 Å². The van der Waals surface area contributed by atoms with Crippen molar-refractivity contribution in [2.24, 2.45) is 5.92 Å². The van der Waals surface area contributed by atoms with Gasteiger partial charge in [-0.1, -0.05) is 18.2 Å². The minimum Gasteiger partial charge on any atom is -0.484 e. The normalized spacial score (nSPS) is 26.1. The molecule has 1 N–H and O–H groups in total. The second-order valence-corrected chi connectivity index (χ2v) is 4.97. The molecule has 2 heterocycles. The van der Waals surface area contributed by atoms with E-state index in [-0.39, 0.29) is 12.5 Å². The van der Waals surface area contributed by atoms with Gasteiger partial charge in [-0.25, -0.2) is 0 Å². The lowest BCUT2D eigenvalue weighted by Crippen LogP contribution is -2.65. The number of para-hydroxylation sites is 1. The molecule has 2 aliphatic heterocycles. The maximum Gasteiger partial charge on any atom is 0.260 e. The van der Waals surface area contributed by atoms with Crippen molar-refractivity contribution in [3.05, 3.63) is 30.3 Å². The standard InChI is InChI=1S/C14H18N2O2/c17-14(10-18-12-4-2-1-3-5-12)16-9-11-6-7-15-8-13(11)16/h1-5,11,13,15H,6-10H2/t11-,13-/m0/s1. The number of benzene rings is 1. The van der Waals surface area contributed by atoms with E-state index in [9.17, 15) is 4.79 Å². The Labute approximate surface area is 107 Å². The maximum atomic E-state index is 12.0. The number of amides is 1. The fraction of sp³-hybridized carbons (Fsp3) is 0.500. The molecule has 2 atom stereocenters. The Morgan fingerprint density at radius 3 is 3.00 bits per heavy atom. The molecule has 0 bridgehead atoms. The van der Waals surface area contributed by atoms with Crippen molar-refractivity contribution in [1.82, 2.24) is 10.2 Å². The first-order valence-corrected chi connectivity index (χ1v) is 6.52. The highest BCUT2D eigenvalue weighted by Gasteiger charge is 2.42. The lowest BCUT2D eigenvalue weighted by Gasteiger charge is -2.50. The highest BCUT2D eigenvalue weighted by molar-refractivity contribution is 5.79. The van der Waals surface area contributed by atoms with Gasteiger partial charge in [-0.15, -0.1) is 0 Å². The van der Waals surface area contributed by atoms with E-state index in [1.54, 1.807) is 0 Å². The lowest BCUT2D eigenvalue weighted by molar-refractivity contribution is -0.147. The molecule has 2 aliphatic rings. The summed E-state index contributed by atoms with van der Waals surface area (Å²) in [5.74, 6) is 1.56. The van der Waals surface area contributed by atoms with Gasteiger partial charge in [0.1, 0.15) is 5.75 Å². The largest absolute Gasteiger partial charge is 0.484 e. The summed E-state index contributed by atoms with van der Waals surface area (Å²) < 4.78 is 5.49. The van der Waals surface area contributed by atoms with Crippen molar-refractivity contribution in [3.8, 4) is 5.75 Å². The van der Waals surface area contributed by atoms with E-state index in [4.69, 9.17) is 4.74 Å². The van der Waals surface area contributed by atoms with Crippen molar-refractivity contribution >= 4 is 5.91 Å². The highest BCUT2D eigenvalue weighted by atomic mass is 16.5. The van der Waals surface area contributed by atoms with Crippen LogP contribution in [-0.2, 0) is 4.79 Å². The van der Waals surface area contributed by atoms with Crippen LogP contribution in [0.15, 0.2) is 30.3 Å². The van der Waals surface area contributed by atoms with Crippen LogP contribution in [-0.4, -0.2) is 43.1 Å². The van der Waals surface area contributed by atoms with E-state index >= 15 is 0 Å². The summed E-state index contributed by atoms with van der Waals surface area (Å²) in [7, 11) is 0. The monoisotopic (exact) mass is 246 g/mol. The second-order valence-electron chi connectivity index (χ2n) is 4.97. The van der Waals surface area contributed by atoms with Crippen molar-refractivity contribution in [3.63, 3.8) is 0 Å². The summed E-state index contributed by atoms with van der Waals surface area (Å²) in [5.41, 5.74) is 0. The smallest absolute Gasteiger partial charge is 0.260 e. The number of fused-ring (bicyclic) bond motifs is 1. The zero-order chi connectivity index (χ0) is 12.4. The van der Waals surface area contributed by atoms with Crippen molar-refractivity contribution in [2.45, 2.75) is 12.5 Å². The number of piperidine rings is 1. The third kappa shape index (κ3) is 2.20. The van der Waals surface area contributed by atoms with Crippen molar-refractivity contribution in [1.29, 1.82) is 0 Å². The number of nitrogens with zero attached hydrogens (tertiary/aromatic N) is 1. The van der Waals surface area contributed by atoms with Gasteiger partial charge >= 0.3 is 0 Å². The van der Waals surface area contributed by atoms with Crippen molar-refractivity contribution < 1.29 is 9.53 Å². The van der Waals surface area contributed by atoms with E-state index in [1.165, 1.54) is 6.42 Å². The van der Waals surface area contributed by atoms with Crippen LogP contribution in [0.1, 0.15) is 6.42 Å². The Morgan fingerprint density at radius 2 is 2.22 bits per heavy atom. The molecule has 4 heteroatoms. The van der Waals surface area contributed by atoms with Gasteiger partial charge in [0.25, 0.3) is 5.91 Å². The molecule has 0 spiro atoms. The van der Waals surface area contributed by atoms with Crippen LogP contribution < -0.4 is 10.1 Å². The fourth-order valence-corrected chi connectivity index (χ4v) is 2.76. The highest BCUT2D eigenvalue weighted by Crippen LogP contribution is 2.29. The number of likely N-dealkylation sites (tertiary alicyclic amines) is 1. The van der Waals surface area contributed by atoms with Gasteiger partial charge in [-0.2, -0.15) is 0 Å². The zero-order valence-electron chi connectivity index (χ0n) is 10.3. The Bertz CT molecular complexity index is 421. The molecule has 2 fully saturated rings. The molecular weight excluding hydrogens is 228 g/mol. The first kappa shape index (κ1) is 11.5. The van der Waals surface area contributed by atoms with Crippen molar-refractivity contribution in [2.75, 3.05) is 26.2 Å². The summed E-state index contributed by atoms with van der Waals surface area (Å²) in [4.78, 5) is 14.0. The zero-order valence-corrected chi connectivity index (χ0v) is 10.3. The number of nitrogens with one attached hydrogen (secondary N) is 1. The van der Waals surface area contributed by atoms with Gasteiger partial charge in [-0.3, -0.25) is 4.79 Å². The molecule has 2 saturated heterocycles. The molecule has 0 radical (unpaired) electrons. The molecule has 0 unspecified atom stereocenters. The van der Waals surface area contributed by atoms with E-state index in [1.807, 2.05) is 35.2 Å². The van der Waals surface area contributed by atoms with Crippen LogP contribution in [0.2, 0.25) is 0 Å². The SMILES string of the molecule is O=C(COc1ccccc1)N1C[C@@H]2CCNC[C@@H]21. The number of carbonyl (C=O) groups excluding carboxylic acids is 1. The average Bonchev–Trinajstić information content (AvgIpc) is 2.39. The van der Waals surface area contributed by atoms with Crippen LogP contribution in [0.25, 0.3) is 0 Å². The topological polar surface area (TPSA) is 41.6 Å². The molecule has 1 amide bonds. The molecule has 0 aliphatic carbocycles. The van der Waals surface area contributed by atoms with Crippen LogP contribution in [0, 0.1) is 5.92 Å². The predicted molar refractivity (Wildman–Crippen MR) is 68.4 cm³/mol. The molecule has 18 heavy (non-hydrogen) atoms. The van der Waals surface area contributed by atoms with Gasteiger partial charge in [0.05, 0.1) is 0 Å². The van der Waals surface area contributed by atoms with Gasteiger partial charge < -0.3 is 15.0 Å². The van der Waals surface area contributed by atoms with E-state index < -0.39 is 0 Å². The lowest BCUT2D eigenvalue weighted by atomic mass is 9.83. The Kier molecular flexibility index (Phi) is 3.19. The number of rotatable bonds is 3. The fourth-order valence-electron chi connectivity index (χ4n) is 2.76. The molecule has 1 aromatic carbocycles. The van der Waals surface area contributed by atoms with Crippen LogP contribution in [0.3, 0.4) is 0 Å². The quantitative estimate of drug-likeness (QED) is 0.861. The van der Waals surface area contributed by atoms with E-state index in [2.05, 4.69) is 5.32 Å². The van der Waals surface area contributed by atoms with Crippen LogP contribution >= 0.6 is 0 Å². The second kappa shape index (κ2) is 4.98. The first-order chi connectivity index (χ1) is 8.84. The number of carbonyl (C=O) groups is 1. The molecule has 1 aromatic rings. The minimum absolute atomic E-state index is 0.101. The summed E-state index contributed by atoms with van der Waals surface area (Å²) in [5, 5.41) is 3.34. The molecule has 96 valence electrons. The maximum absolute atomic E-state index is 12.0. The average molecular weight is 246 g/mol. The minimum atomic E-state index is 0.101. The molecule has 4 nitrogen and oxygen atoms in total. The summed E-state index contributed by atoms with van der Waals surface area (Å²) >= 11 is 0. The first-order valence-electron chi connectivity index (χ1n) is 6.52. The van der Waals surface area contributed by atoms with Crippen LogP contribution in [0.4, 0.5) is 0 Å². The third-order valence-electron chi connectivity index (χ3n) is 3.85. The molecule has 0 saturated carbocycles. The van der Waals surface area contributed by atoms with Gasteiger partial charge in [-0.05, 0) is 31.0 Å². The Hall–Kier alpha value is -1.55. The van der Waals surface area contributed by atoms with Crippen LogP contribution in [0.5, 0.6) is 5.75 Å². The number of hydrogen-bond acceptors (Lipinski definition) is 3. The molecular formula is C14H18N2O2. The number of hydrogen-bond donors (Lipinski definition) is 1. The predicted octanol–water partition coefficient (Wildman–Crippen LogP) is 0.886. The summed E-state index contributed by atoms with van der Waals surface area (Å²) in [6.45, 7) is 3.07.